The highest BCUT2D eigenvalue weighted by Crippen LogP contribution is 2.10. The highest BCUT2D eigenvalue weighted by Gasteiger charge is 2.15. The van der Waals surface area contributed by atoms with Crippen molar-refractivity contribution < 1.29 is 13.2 Å². The number of carbonyl (C=O) groups is 1. The Kier molecular flexibility index (Phi) is 5.67. The fraction of sp³-hybridized carbons (Fsp3) is 0.385. The molecule has 2 N–H and O–H groups in total. The first-order valence-electron chi connectivity index (χ1n) is 6.09. The molecule has 0 heterocycles. The van der Waals surface area contributed by atoms with E-state index in [4.69, 9.17) is 5.26 Å². The summed E-state index contributed by atoms with van der Waals surface area (Å²) in [5.74, 6) is -0.719. The second-order valence-electron chi connectivity index (χ2n) is 4.57. The Balaban J connectivity index is 2.67. The first kappa shape index (κ1) is 16.1. The lowest BCUT2D eigenvalue weighted by molar-refractivity contribution is -0.120. The minimum Gasteiger partial charge on any atom is -0.353 e. The number of nitriles is 1. The molecule has 1 aromatic carbocycles. The van der Waals surface area contributed by atoms with Crippen LogP contribution in [-0.4, -0.2) is 26.9 Å². The van der Waals surface area contributed by atoms with Crippen molar-refractivity contribution >= 4 is 15.9 Å². The van der Waals surface area contributed by atoms with Gasteiger partial charge in [-0.15, -0.1) is 0 Å². The zero-order valence-electron chi connectivity index (χ0n) is 11.4. The zero-order valence-corrected chi connectivity index (χ0v) is 12.2. The fourth-order valence-corrected chi connectivity index (χ4v) is 2.67. The summed E-state index contributed by atoms with van der Waals surface area (Å²) in [5, 5.41) is 11.5. The molecule has 0 spiro atoms. The first-order chi connectivity index (χ1) is 9.34. The highest BCUT2D eigenvalue weighted by molar-refractivity contribution is 7.88. The van der Waals surface area contributed by atoms with Crippen LogP contribution in [0.3, 0.4) is 0 Å². The van der Waals surface area contributed by atoms with Gasteiger partial charge in [0.05, 0.1) is 23.9 Å². The van der Waals surface area contributed by atoms with Gasteiger partial charge in [-0.2, -0.15) is 5.26 Å². The molecule has 20 heavy (non-hydrogen) atoms. The van der Waals surface area contributed by atoms with E-state index in [0.29, 0.717) is 11.1 Å². The third-order valence-electron chi connectivity index (χ3n) is 2.39. The third kappa shape index (κ3) is 5.38. The lowest BCUT2D eigenvalue weighted by Gasteiger charge is -2.10. The summed E-state index contributed by atoms with van der Waals surface area (Å²) in [4.78, 5) is 11.4. The molecule has 0 aromatic heterocycles. The van der Waals surface area contributed by atoms with E-state index in [1.165, 1.54) is 0 Å². The van der Waals surface area contributed by atoms with Gasteiger partial charge in [-0.1, -0.05) is 18.2 Å². The molecule has 0 bridgehead atoms. The van der Waals surface area contributed by atoms with Crippen LogP contribution < -0.4 is 10.0 Å². The Morgan fingerprint density at radius 2 is 2.00 bits per heavy atom. The zero-order chi connectivity index (χ0) is 15.2. The van der Waals surface area contributed by atoms with Gasteiger partial charge >= 0.3 is 0 Å². The second kappa shape index (κ2) is 7.03. The van der Waals surface area contributed by atoms with Crippen molar-refractivity contribution in [2.45, 2.75) is 25.6 Å². The molecule has 0 saturated carbocycles. The van der Waals surface area contributed by atoms with Gasteiger partial charge in [-0.25, -0.2) is 13.1 Å². The molecule has 0 saturated heterocycles. The van der Waals surface area contributed by atoms with E-state index < -0.39 is 15.9 Å². The van der Waals surface area contributed by atoms with E-state index in [-0.39, 0.29) is 18.3 Å². The maximum Gasteiger partial charge on any atom is 0.235 e. The summed E-state index contributed by atoms with van der Waals surface area (Å²) in [6.07, 6.45) is 0. The number of hydrogen-bond acceptors (Lipinski definition) is 4. The van der Waals surface area contributed by atoms with E-state index in [2.05, 4.69) is 10.0 Å². The van der Waals surface area contributed by atoms with E-state index in [0.717, 1.165) is 0 Å². The number of benzene rings is 1. The Labute approximate surface area is 118 Å². The Morgan fingerprint density at radius 3 is 2.60 bits per heavy atom. The second-order valence-corrected chi connectivity index (χ2v) is 6.38. The number of nitrogens with zero attached hydrogens (tertiary/aromatic N) is 1. The van der Waals surface area contributed by atoms with Crippen LogP contribution in [0.5, 0.6) is 0 Å². The average molecular weight is 295 g/mol. The van der Waals surface area contributed by atoms with E-state index >= 15 is 0 Å². The standard InChI is InChI=1S/C13H17N3O3S/c1-10(2)16-13(17)8-15-20(18,19)9-12-6-4-3-5-11(12)7-14/h3-6,10,15H,8-9H2,1-2H3,(H,16,17). The summed E-state index contributed by atoms with van der Waals surface area (Å²) >= 11 is 0. The van der Waals surface area contributed by atoms with Crippen molar-refractivity contribution in [2.75, 3.05) is 6.54 Å². The molecule has 6 nitrogen and oxygen atoms in total. The van der Waals surface area contributed by atoms with Crippen molar-refractivity contribution in [1.82, 2.24) is 10.0 Å². The van der Waals surface area contributed by atoms with Crippen LogP contribution in [0.4, 0.5) is 0 Å². The van der Waals surface area contributed by atoms with Gasteiger partial charge in [0.25, 0.3) is 0 Å². The van der Waals surface area contributed by atoms with Crippen LogP contribution in [0.1, 0.15) is 25.0 Å². The number of rotatable bonds is 6. The van der Waals surface area contributed by atoms with Gasteiger partial charge in [-0.3, -0.25) is 4.79 Å². The topological polar surface area (TPSA) is 99.1 Å². The summed E-state index contributed by atoms with van der Waals surface area (Å²) in [6, 6.07) is 8.34. The van der Waals surface area contributed by atoms with Gasteiger partial charge in [0.15, 0.2) is 0 Å². The van der Waals surface area contributed by atoms with Crippen LogP contribution in [0, 0.1) is 11.3 Å². The number of hydrogen-bond donors (Lipinski definition) is 2. The molecule has 0 unspecified atom stereocenters. The molecular formula is C13H17N3O3S. The van der Waals surface area contributed by atoms with Gasteiger partial charge in [0, 0.05) is 6.04 Å². The van der Waals surface area contributed by atoms with Crippen LogP contribution >= 0.6 is 0 Å². The molecule has 0 aliphatic heterocycles. The van der Waals surface area contributed by atoms with Crippen LogP contribution in [0.25, 0.3) is 0 Å². The molecule has 0 fully saturated rings. The molecular weight excluding hydrogens is 278 g/mol. The smallest absolute Gasteiger partial charge is 0.235 e. The van der Waals surface area contributed by atoms with Crippen molar-refractivity contribution in [3.63, 3.8) is 0 Å². The minimum atomic E-state index is -3.66. The maximum absolute atomic E-state index is 11.9. The van der Waals surface area contributed by atoms with Crippen LogP contribution in [-0.2, 0) is 20.6 Å². The lowest BCUT2D eigenvalue weighted by Crippen LogP contribution is -2.40. The van der Waals surface area contributed by atoms with Crippen LogP contribution in [0.15, 0.2) is 24.3 Å². The molecule has 0 aliphatic rings. The molecule has 0 atom stereocenters. The number of sulfonamides is 1. The molecule has 108 valence electrons. The van der Waals surface area contributed by atoms with Gasteiger partial charge in [0.1, 0.15) is 0 Å². The monoisotopic (exact) mass is 295 g/mol. The summed E-state index contributed by atoms with van der Waals surface area (Å²) < 4.78 is 25.9. The molecule has 7 heteroatoms. The Hall–Kier alpha value is -1.91. The van der Waals surface area contributed by atoms with Crippen molar-refractivity contribution in [3.8, 4) is 6.07 Å². The lowest BCUT2D eigenvalue weighted by atomic mass is 10.1. The predicted octanol–water partition coefficient (Wildman–Crippen LogP) is 0.502. The van der Waals surface area contributed by atoms with Gasteiger partial charge < -0.3 is 5.32 Å². The number of amides is 1. The Morgan fingerprint density at radius 1 is 1.35 bits per heavy atom. The Bertz CT molecular complexity index is 618. The number of nitrogens with one attached hydrogen (secondary N) is 2. The molecule has 1 amide bonds. The van der Waals surface area contributed by atoms with E-state index in [9.17, 15) is 13.2 Å². The first-order valence-corrected chi connectivity index (χ1v) is 7.74. The van der Waals surface area contributed by atoms with Crippen LogP contribution in [0.2, 0.25) is 0 Å². The van der Waals surface area contributed by atoms with Crippen molar-refractivity contribution in [2.24, 2.45) is 0 Å². The largest absolute Gasteiger partial charge is 0.353 e. The molecule has 1 aromatic rings. The maximum atomic E-state index is 11.9. The minimum absolute atomic E-state index is 0.0497. The molecule has 0 aliphatic carbocycles. The third-order valence-corrected chi connectivity index (χ3v) is 3.66. The number of carbonyl (C=O) groups excluding carboxylic acids is 1. The predicted molar refractivity (Wildman–Crippen MR) is 75.1 cm³/mol. The SMILES string of the molecule is CC(C)NC(=O)CNS(=O)(=O)Cc1ccccc1C#N. The van der Waals surface area contributed by atoms with Gasteiger partial charge in [-0.05, 0) is 25.5 Å². The highest BCUT2D eigenvalue weighted by atomic mass is 32.2. The van der Waals surface area contributed by atoms with Crippen molar-refractivity contribution in [1.29, 1.82) is 5.26 Å². The van der Waals surface area contributed by atoms with Crippen molar-refractivity contribution in [3.05, 3.63) is 35.4 Å². The molecule has 0 radical (unpaired) electrons. The van der Waals surface area contributed by atoms with Gasteiger partial charge in [0.2, 0.25) is 15.9 Å². The fourth-order valence-electron chi connectivity index (χ4n) is 1.56. The summed E-state index contributed by atoms with van der Waals surface area (Å²) in [5.41, 5.74) is 0.719. The van der Waals surface area contributed by atoms with E-state index in [1.807, 2.05) is 6.07 Å². The normalized spacial score (nSPS) is 11.1. The molecule has 1 rings (SSSR count). The summed E-state index contributed by atoms with van der Waals surface area (Å²) in [7, 11) is -3.66. The van der Waals surface area contributed by atoms with E-state index in [1.54, 1.807) is 38.1 Å². The quantitative estimate of drug-likeness (QED) is 0.798. The summed E-state index contributed by atoms with van der Waals surface area (Å²) in [6.45, 7) is 3.26. The average Bonchev–Trinajstić information content (AvgIpc) is 2.36.